The van der Waals surface area contributed by atoms with Crippen LogP contribution in [0, 0.1) is 0 Å². The Kier molecular flexibility index (Phi) is 4.61. The highest BCUT2D eigenvalue weighted by Crippen LogP contribution is 2.29. The van der Waals surface area contributed by atoms with Crippen molar-refractivity contribution in [1.82, 2.24) is 4.90 Å². The van der Waals surface area contributed by atoms with Crippen molar-refractivity contribution in [3.05, 3.63) is 24.3 Å². The van der Waals surface area contributed by atoms with Gasteiger partial charge in [-0.3, -0.25) is 9.59 Å². The van der Waals surface area contributed by atoms with E-state index in [0.717, 1.165) is 6.07 Å². The quantitative estimate of drug-likeness (QED) is 0.922. The van der Waals surface area contributed by atoms with E-state index in [1.807, 2.05) is 0 Å². The minimum Gasteiger partial charge on any atom is -0.404 e. The number of ether oxygens (including phenoxy) is 1. The van der Waals surface area contributed by atoms with E-state index < -0.39 is 18.0 Å². The molecule has 1 heterocycles. The van der Waals surface area contributed by atoms with Gasteiger partial charge in [-0.25, -0.2) is 0 Å². The van der Waals surface area contributed by atoms with E-state index in [4.69, 9.17) is 0 Å². The van der Waals surface area contributed by atoms with Gasteiger partial charge in [-0.05, 0) is 12.1 Å². The Hall–Kier alpha value is -1.90. The van der Waals surface area contributed by atoms with Gasteiger partial charge in [0.2, 0.25) is 11.8 Å². The van der Waals surface area contributed by atoms with Crippen LogP contribution in [0.15, 0.2) is 24.3 Å². The first-order valence-electron chi connectivity index (χ1n) is 5.85. The lowest BCUT2D eigenvalue weighted by Gasteiger charge is -2.16. The van der Waals surface area contributed by atoms with Gasteiger partial charge in [-0.1, -0.05) is 12.1 Å². The zero-order valence-corrected chi connectivity index (χ0v) is 11.5. The van der Waals surface area contributed by atoms with E-state index in [1.165, 1.54) is 34.9 Å². The number of carbonyl (C=O) groups is 2. The largest absolute Gasteiger partial charge is 0.573 e. The number of amides is 2. The van der Waals surface area contributed by atoms with Crippen molar-refractivity contribution < 1.29 is 27.5 Å². The number of halogens is 3. The highest BCUT2D eigenvalue weighted by Gasteiger charge is 2.32. The van der Waals surface area contributed by atoms with Crippen molar-refractivity contribution >= 4 is 29.3 Å². The molecule has 0 aromatic heterocycles. The Morgan fingerprint density at radius 1 is 1.38 bits per heavy atom. The van der Waals surface area contributed by atoms with E-state index in [-0.39, 0.29) is 18.1 Å². The van der Waals surface area contributed by atoms with Crippen LogP contribution in [-0.2, 0) is 9.59 Å². The second-order valence-corrected chi connectivity index (χ2v) is 5.12. The van der Waals surface area contributed by atoms with Crippen LogP contribution in [0.4, 0.5) is 18.9 Å². The molecule has 21 heavy (non-hydrogen) atoms. The van der Waals surface area contributed by atoms with E-state index in [2.05, 4.69) is 10.1 Å². The average Bonchev–Trinajstić information content (AvgIpc) is 2.76. The Morgan fingerprint density at radius 2 is 2.10 bits per heavy atom. The van der Waals surface area contributed by atoms with E-state index in [0.29, 0.717) is 11.6 Å². The highest BCUT2D eigenvalue weighted by atomic mass is 32.2. The summed E-state index contributed by atoms with van der Waals surface area (Å²) in [5, 5.41) is 2.31. The summed E-state index contributed by atoms with van der Waals surface area (Å²) < 4.78 is 40.6. The second-order valence-electron chi connectivity index (χ2n) is 4.16. The van der Waals surface area contributed by atoms with Gasteiger partial charge in [0.1, 0.15) is 6.54 Å². The van der Waals surface area contributed by atoms with Gasteiger partial charge in [-0.2, -0.15) is 0 Å². The van der Waals surface area contributed by atoms with Crippen molar-refractivity contribution in [2.75, 3.05) is 23.5 Å². The Balaban J connectivity index is 2.02. The van der Waals surface area contributed by atoms with Crippen LogP contribution >= 0.6 is 11.8 Å². The summed E-state index contributed by atoms with van der Waals surface area (Å²) >= 11 is 1.37. The normalized spacial score (nSPS) is 15.2. The Labute approximate surface area is 122 Å². The summed E-state index contributed by atoms with van der Waals surface area (Å²) in [5.74, 6) is -0.548. The Morgan fingerprint density at radius 3 is 2.71 bits per heavy atom. The summed E-state index contributed by atoms with van der Waals surface area (Å²) in [6.45, 7) is -0.202. The number of thioether (sulfide) groups is 1. The Bertz CT molecular complexity index is 551. The molecule has 1 fully saturated rings. The van der Waals surface area contributed by atoms with Crippen molar-refractivity contribution in [1.29, 1.82) is 0 Å². The van der Waals surface area contributed by atoms with Crippen LogP contribution in [0.1, 0.15) is 0 Å². The molecule has 1 N–H and O–H groups in total. The summed E-state index contributed by atoms with van der Waals surface area (Å²) in [5.41, 5.74) is -0.0980. The standard InChI is InChI=1S/C12H11F3N2O3S/c13-12(14,15)20-9-4-2-1-3-8(9)16-10(18)5-17-7-21-6-11(17)19/h1-4H,5-7H2,(H,16,18). The molecular formula is C12H11F3N2O3S. The molecule has 114 valence electrons. The van der Waals surface area contributed by atoms with Gasteiger partial charge in [0.25, 0.3) is 0 Å². The minimum absolute atomic E-state index is 0.0980. The number of para-hydroxylation sites is 2. The molecular weight excluding hydrogens is 309 g/mol. The van der Waals surface area contributed by atoms with Crippen LogP contribution in [0.25, 0.3) is 0 Å². The van der Waals surface area contributed by atoms with Crippen LogP contribution in [-0.4, -0.2) is 41.3 Å². The molecule has 0 unspecified atom stereocenters. The molecule has 2 amide bonds. The van der Waals surface area contributed by atoms with E-state index in [1.54, 1.807) is 0 Å². The number of alkyl halides is 3. The fraction of sp³-hybridized carbons (Fsp3) is 0.333. The van der Waals surface area contributed by atoms with Gasteiger partial charge in [0, 0.05) is 0 Å². The molecule has 0 bridgehead atoms. The first kappa shape index (κ1) is 15.5. The molecule has 0 saturated carbocycles. The van der Waals surface area contributed by atoms with Crippen LogP contribution in [0.2, 0.25) is 0 Å². The fourth-order valence-corrected chi connectivity index (χ4v) is 2.59. The maximum atomic E-state index is 12.2. The van der Waals surface area contributed by atoms with Gasteiger partial charge in [0.15, 0.2) is 5.75 Å². The van der Waals surface area contributed by atoms with E-state index in [9.17, 15) is 22.8 Å². The molecule has 5 nitrogen and oxygen atoms in total. The molecule has 9 heteroatoms. The molecule has 1 aromatic carbocycles. The van der Waals surface area contributed by atoms with Crippen molar-refractivity contribution in [2.45, 2.75) is 6.36 Å². The third kappa shape index (κ3) is 4.55. The fourth-order valence-electron chi connectivity index (χ4n) is 1.69. The summed E-state index contributed by atoms with van der Waals surface area (Å²) in [4.78, 5) is 24.5. The molecule has 1 aliphatic heterocycles. The van der Waals surface area contributed by atoms with E-state index >= 15 is 0 Å². The van der Waals surface area contributed by atoms with Gasteiger partial charge < -0.3 is 15.0 Å². The first-order chi connectivity index (χ1) is 9.85. The smallest absolute Gasteiger partial charge is 0.404 e. The van der Waals surface area contributed by atoms with Crippen LogP contribution in [0.5, 0.6) is 5.75 Å². The maximum absolute atomic E-state index is 12.2. The second kappa shape index (κ2) is 6.25. The average molecular weight is 320 g/mol. The first-order valence-corrected chi connectivity index (χ1v) is 7.01. The van der Waals surface area contributed by atoms with Crippen LogP contribution < -0.4 is 10.1 Å². The lowest BCUT2D eigenvalue weighted by molar-refractivity contribution is -0.274. The number of carbonyl (C=O) groups excluding carboxylic acids is 2. The predicted octanol–water partition coefficient (Wildman–Crippen LogP) is 2.06. The number of rotatable bonds is 4. The van der Waals surface area contributed by atoms with Gasteiger partial charge in [-0.15, -0.1) is 24.9 Å². The monoisotopic (exact) mass is 320 g/mol. The highest BCUT2D eigenvalue weighted by molar-refractivity contribution is 8.00. The molecule has 0 atom stereocenters. The zero-order chi connectivity index (χ0) is 15.5. The number of nitrogens with one attached hydrogen (secondary N) is 1. The third-order valence-corrected chi connectivity index (χ3v) is 3.49. The van der Waals surface area contributed by atoms with Crippen molar-refractivity contribution in [3.8, 4) is 5.75 Å². The molecule has 1 saturated heterocycles. The van der Waals surface area contributed by atoms with Crippen LogP contribution in [0.3, 0.4) is 0 Å². The van der Waals surface area contributed by atoms with Gasteiger partial charge >= 0.3 is 6.36 Å². The molecule has 0 radical (unpaired) electrons. The third-order valence-electron chi connectivity index (χ3n) is 2.55. The SMILES string of the molecule is O=C(CN1CSCC1=O)Nc1ccccc1OC(F)(F)F. The number of hydrogen-bond acceptors (Lipinski definition) is 4. The predicted molar refractivity (Wildman–Crippen MR) is 70.8 cm³/mol. The molecule has 1 aromatic rings. The summed E-state index contributed by atoms with van der Waals surface area (Å²) in [7, 11) is 0. The zero-order valence-electron chi connectivity index (χ0n) is 10.6. The van der Waals surface area contributed by atoms with Crippen molar-refractivity contribution in [3.63, 3.8) is 0 Å². The number of hydrogen-bond donors (Lipinski definition) is 1. The number of anilines is 1. The lowest BCUT2D eigenvalue weighted by atomic mass is 10.3. The molecule has 1 aliphatic rings. The maximum Gasteiger partial charge on any atom is 0.573 e. The minimum atomic E-state index is -4.84. The summed E-state index contributed by atoms with van der Waals surface area (Å²) in [6, 6.07) is 5.21. The van der Waals surface area contributed by atoms with Gasteiger partial charge in [0.05, 0.1) is 17.3 Å². The molecule has 0 aliphatic carbocycles. The molecule has 2 rings (SSSR count). The lowest BCUT2D eigenvalue weighted by Crippen LogP contribution is -2.34. The molecule has 0 spiro atoms. The number of benzene rings is 1. The summed E-state index contributed by atoms with van der Waals surface area (Å²) in [6.07, 6.45) is -4.84. The number of nitrogens with zero attached hydrogens (tertiary/aromatic N) is 1. The van der Waals surface area contributed by atoms with Crippen molar-refractivity contribution in [2.24, 2.45) is 0 Å². The topological polar surface area (TPSA) is 58.6 Å².